The Bertz CT molecular complexity index is 3360. The van der Waals surface area contributed by atoms with Gasteiger partial charge in [0.1, 0.15) is 11.2 Å². The fourth-order valence-corrected chi connectivity index (χ4v) is 10.2. The molecule has 0 fully saturated rings. The van der Waals surface area contributed by atoms with E-state index in [0.717, 1.165) is 40.3 Å². The summed E-state index contributed by atoms with van der Waals surface area (Å²) >= 11 is 0. The molecule has 0 spiro atoms. The first-order valence-electron chi connectivity index (χ1n) is 21.1. The fourth-order valence-electron chi connectivity index (χ4n) is 10.2. The van der Waals surface area contributed by atoms with Gasteiger partial charge in [-0.1, -0.05) is 190 Å². The van der Waals surface area contributed by atoms with E-state index in [0.29, 0.717) is 0 Å². The van der Waals surface area contributed by atoms with E-state index in [1.807, 2.05) is 18.2 Å². The van der Waals surface area contributed by atoms with Crippen LogP contribution in [0.2, 0.25) is 0 Å². The Morgan fingerprint density at radius 1 is 0.567 bits per heavy atom. The molecule has 0 saturated carbocycles. The van der Waals surface area contributed by atoms with Gasteiger partial charge in [0, 0.05) is 21.8 Å². The predicted molar refractivity (Wildman–Crippen MR) is 257 cm³/mol. The lowest BCUT2D eigenvalue weighted by molar-refractivity contribution is 0.663. The largest absolute Gasteiger partial charge is 0.455 e. The van der Waals surface area contributed by atoms with Crippen LogP contribution in [0.15, 0.2) is 205 Å². The molecule has 1 aromatic heterocycles. The Morgan fingerprint density at radius 2 is 1.18 bits per heavy atom. The fraction of sp³-hybridized carbons (Fsp3) is 0.0847. The minimum Gasteiger partial charge on any atom is -0.455 e. The molecule has 0 bridgehead atoms. The number of rotatable bonds is 8. The normalized spacial score (nSPS) is 13.5. The summed E-state index contributed by atoms with van der Waals surface area (Å²) in [7, 11) is 0. The average molecular weight is 769 g/mol. The van der Waals surface area contributed by atoms with Gasteiger partial charge in [-0.15, -0.1) is 0 Å². The molecule has 0 N–H and O–H groups in total. The van der Waals surface area contributed by atoms with Gasteiger partial charge in [-0.05, 0) is 125 Å². The Balaban J connectivity index is 1.08. The third-order valence-electron chi connectivity index (χ3n) is 12.9. The second kappa shape index (κ2) is 14.3. The van der Waals surface area contributed by atoms with Crippen molar-refractivity contribution in [3.05, 3.63) is 223 Å². The second-order valence-corrected chi connectivity index (χ2v) is 16.7. The Hall–Kier alpha value is -7.22. The highest BCUT2D eigenvalue weighted by atomic mass is 16.3. The van der Waals surface area contributed by atoms with Crippen LogP contribution in [0.1, 0.15) is 42.5 Å². The minimum atomic E-state index is -0.151. The molecule has 9 aromatic carbocycles. The molecular weight excluding hydrogens is 725 g/mol. The zero-order chi connectivity index (χ0) is 40.4. The lowest BCUT2D eigenvalue weighted by atomic mass is 9.78. The standard InChI is InChI=1S/C59H44O/c1-4-5-6-7-21-41(44-30-18-32-51-47-26-14-15-33-55(47)60-58(44)51)36-52-45-24-10-12-27-48(45)56(49-28-13-11-25-46(49)52)42-23-16-22-40(34-42)43-29-17-31-50-53-35-38-19-8-9-20-39(38)37-54(53)59(2,3)57(43)50/h4-6,8-35,37H,1,7,36H2,2-3H3/b6-5-,41-21?. The van der Waals surface area contributed by atoms with E-state index in [2.05, 4.69) is 196 Å². The van der Waals surface area contributed by atoms with E-state index in [1.54, 1.807) is 0 Å². The van der Waals surface area contributed by atoms with Crippen LogP contribution in [-0.4, -0.2) is 0 Å². The number of benzene rings is 9. The molecule has 10 aromatic rings. The Morgan fingerprint density at radius 3 is 1.95 bits per heavy atom. The molecule has 11 rings (SSSR count). The third-order valence-corrected chi connectivity index (χ3v) is 12.9. The van der Waals surface area contributed by atoms with Crippen LogP contribution in [0.25, 0.3) is 93.2 Å². The molecular formula is C59H44O. The summed E-state index contributed by atoms with van der Waals surface area (Å²) in [5, 5.41) is 9.92. The van der Waals surface area contributed by atoms with Crippen molar-refractivity contribution >= 4 is 59.8 Å². The van der Waals surface area contributed by atoms with Gasteiger partial charge >= 0.3 is 0 Å². The molecule has 0 radical (unpaired) electrons. The number of furan rings is 1. The van der Waals surface area contributed by atoms with Crippen LogP contribution in [0.5, 0.6) is 0 Å². The van der Waals surface area contributed by atoms with Gasteiger partial charge in [0.2, 0.25) is 0 Å². The molecule has 0 unspecified atom stereocenters. The summed E-state index contributed by atoms with van der Waals surface area (Å²) in [6, 6.07) is 62.6. The van der Waals surface area contributed by atoms with E-state index >= 15 is 0 Å². The van der Waals surface area contributed by atoms with Gasteiger partial charge in [-0.2, -0.15) is 0 Å². The summed E-state index contributed by atoms with van der Waals surface area (Å²) in [6.45, 7) is 8.70. The molecule has 0 atom stereocenters. The van der Waals surface area contributed by atoms with E-state index in [4.69, 9.17) is 4.42 Å². The molecule has 1 aliphatic carbocycles. The van der Waals surface area contributed by atoms with Crippen molar-refractivity contribution in [1.82, 2.24) is 0 Å². The molecule has 1 aliphatic rings. The first-order valence-corrected chi connectivity index (χ1v) is 21.1. The topological polar surface area (TPSA) is 13.1 Å². The molecule has 60 heavy (non-hydrogen) atoms. The van der Waals surface area contributed by atoms with Gasteiger partial charge in [0.05, 0.1) is 0 Å². The Labute approximate surface area is 351 Å². The average Bonchev–Trinajstić information content (AvgIpc) is 3.78. The minimum absolute atomic E-state index is 0.151. The molecule has 0 saturated heterocycles. The Kier molecular flexibility index (Phi) is 8.53. The maximum absolute atomic E-state index is 6.63. The van der Waals surface area contributed by atoms with Crippen LogP contribution in [0.4, 0.5) is 0 Å². The number of fused-ring (bicyclic) bond motifs is 9. The number of allylic oxidation sites excluding steroid dienone is 5. The van der Waals surface area contributed by atoms with Crippen LogP contribution in [0, 0.1) is 0 Å². The van der Waals surface area contributed by atoms with Gasteiger partial charge in [0.25, 0.3) is 0 Å². The summed E-state index contributed by atoms with van der Waals surface area (Å²) in [5.74, 6) is 0. The number of hydrogen-bond acceptors (Lipinski definition) is 1. The molecule has 1 heterocycles. The van der Waals surface area contributed by atoms with Crippen molar-refractivity contribution < 1.29 is 4.42 Å². The molecule has 286 valence electrons. The summed E-state index contributed by atoms with van der Waals surface area (Å²) in [4.78, 5) is 0. The lowest BCUT2D eigenvalue weighted by Crippen LogP contribution is -2.16. The van der Waals surface area contributed by atoms with Crippen LogP contribution in [0.3, 0.4) is 0 Å². The van der Waals surface area contributed by atoms with Crippen LogP contribution < -0.4 is 0 Å². The summed E-state index contributed by atoms with van der Waals surface area (Å²) in [5.41, 5.74) is 15.9. The number of hydrogen-bond donors (Lipinski definition) is 0. The third kappa shape index (κ3) is 5.68. The van der Waals surface area contributed by atoms with E-state index in [9.17, 15) is 0 Å². The summed E-state index contributed by atoms with van der Waals surface area (Å²) in [6.07, 6.45) is 9.94. The van der Waals surface area contributed by atoms with Crippen LogP contribution in [-0.2, 0) is 11.8 Å². The quantitative estimate of drug-likeness (QED) is 0.111. The van der Waals surface area contributed by atoms with Crippen molar-refractivity contribution in [2.24, 2.45) is 0 Å². The molecule has 1 nitrogen and oxygen atoms in total. The van der Waals surface area contributed by atoms with Crippen molar-refractivity contribution in [2.75, 3.05) is 0 Å². The monoisotopic (exact) mass is 768 g/mol. The molecule has 0 amide bonds. The maximum Gasteiger partial charge on any atom is 0.142 e. The van der Waals surface area contributed by atoms with E-state index in [1.165, 1.54) is 88.0 Å². The van der Waals surface area contributed by atoms with E-state index < -0.39 is 0 Å². The smallest absolute Gasteiger partial charge is 0.142 e. The van der Waals surface area contributed by atoms with Gasteiger partial charge in [0.15, 0.2) is 0 Å². The number of para-hydroxylation sites is 2. The maximum atomic E-state index is 6.63. The first kappa shape index (κ1) is 35.9. The highest BCUT2D eigenvalue weighted by Crippen LogP contribution is 2.53. The highest BCUT2D eigenvalue weighted by molar-refractivity contribution is 6.16. The van der Waals surface area contributed by atoms with Gasteiger partial charge in [-0.3, -0.25) is 0 Å². The zero-order valence-electron chi connectivity index (χ0n) is 34.0. The highest BCUT2D eigenvalue weighted by Gasteiger charge is 2.38. The second-order valence-electron chi connectivity index (χ2n) is 16.7. The van der Waals surface area contributed by atoms with Gasteiger partial charge in [-0.25, -0.2) is 0 Å². The SMILES string of the molecule is C=C/C=C\CC=C(Cc1c2ccccc2c(-c2cccc(-c3cccc4c3C(C)(C)c3cc5ccccc5cc3-4)c2)c2ccccc12)c1cccc2c1oc1ccccc12. The molecule has 1 heteroatoms. The lowest BCUT2D eigenvalue weighted by Gasteiger charge is -2.25. The van der Waals surface area contributed by atoms with Crippen molar-refractivity contribution in [2.45, 2.75) is 32.1 Å². The zero-order valence-corrected chi connectivity index (χ0v) is 34.0. The van der Waals surface area contributed by atoms with Crippen molar-refractivity contribution in [1.29, 1.82) is 0 Å². The predicted octanol–water partition coefficient (Wildman–Crippen LogP) is 16.4. The van der Waals surface area contributed by atoms with Gasteiger partial charge < -0.3 is 4.42 Å². The molecule has 0 aliphatic heterocycles. The first-order chi connectivity index (χ1) is 29.5. The van der Waals surface area contributed by atoms with E-state index in [-0.39, 0.29) is 5.41 Å². The van der Waals surface area contributed by atoms with Crippen molar-refractivity contribution in [3.63, 3.8) is 0 Å². The van der Waals surface area contributed by atoms with Crippen LogP contribution >= 0.6 is 0 Å². The summed E-state index contributed by atoms with van der Waals surface area (Å²) < 4.78 is 6.63. The van der Waals surface area contributed by atoms with Crippen molar-refractivity contribution in [3.8, 4) is 33.4 Å².